The number of aromatic nitrogens is 1. The highest BCUT2D eigenvalue weighted by Crippen LogP contribution is 2.24. The third-order valence-corrected chi connectivity index (χ3v) is 4.98. The highest BCUT2D eigenvalue weighted by atomic mass is 79.9. The van der Waals surface area contributed by atoms with Gasteiger partial charge in [-0.3, -0.25) is 4.98 Å². The summed E-state index contributed by atoms with van der Waals surface area (Å²) in [7, 11) is 2.21. The molecule has 1 N–H and O–H groups in total. The monoisotopic (exact) mass is 389 g/mol. The minimum Gasteiger partial charge on any atom is -0.487 e. The lowest BCUT2D eigenvalue weighted by Gasteiger charge is -2.20. The largest absolute Gasteiger partial charge is 0.487 e. The second kappa shape index (κ2) is 8.60. The number of benzene rings is 1. The average Bonchev–Trinajstić information content (AvgIpc) is 3.00. The first-order valence-corrected chi connectivity index (χ1v) is 9.24. The van der Waals surface area contributed by atoms with Crippen molar-refractivity contribution in [1.82, 2.24) is 15.2 Å². The van der Waals surface area contributed by atoms with E-state index >= 15 is 0 Å². The molecule has 24 heavy (non-hydrogen) atoms. The number of rotatable bonds is 7. The van der Waals surface area contributed by atoms with Crippen molar-refractivity contribution in [3.05, 3.63) is 58.3 Å². The number of likely N-dealkylation sites (N-methyl/N-ethyl adjacent to an activating group) is 1. The minimum atomic E-state index is 0.487. The lowest BCUT2D eigenvalue weighted by atomic mass is 10.2. The molecular formula is C19H24BrN3O. The highest BCUT2D eigenvalue weighted by Gasteiger charge is 2.20. The Hall–Kier alpha value is -1.43. The fourth-order valence-corrected chi connectivity index (χ4v) is 3.48. The number of ether oxygens (including phenoxy) is 1. The van der Waals surface area contributed by atoms with Gasteiger partial charge in [0.2, 0.25) is 0 Å². The molecule has 0 bridgehead atoms. The lowest BCUT2D eigenvalue weighted by molar-refractivity contribution is 0.291. The second-order valence-corrected chi connectivity index (χ2v) is 7.19. The fraction of sp³-hybridized carbons (Fsp3) is 0.421. The Kier molecular flexibility index (Phi) is 6.24. The predicted octanol–water partition coefficient (Wildman–Crippen LogP) is 3.61. The van der Waals surface area contributed by atoms with E-state index < -0.39 is 0 Å². The number of hydrogen-bond acceptors (Lipinski definition) is 4. The fourth-order valence-electron chi connectivity index (χ4n) is 3.07. The summed E-state index contributed by atoms with van der Waals surface area (Å²) in [6, 6.07) is 12.7. The summed E-state index contributed by atoms with van der Waals surface area (Å²) >= 11 is 3.56. The van der Waals surface area contributed by atoms with Crippen molar-refractivity contribution >= 4 is 15.9 Å². The van der Waals surface area contributed by atoms with Crippen molar-refractivity contribution in [2.75, 3.05) is 20.1 Å². The first-order chi connectivity index (χ1) is 11.7. The number of halogens is 1. The molecule has 4 nitrogen and oxygen atoms in total. The number of likely N-dealkylation sites (tertiary alicyclic amines) is 1. The molecule has 0 spiro atoms. The molecule has 1 saturated heterocycles. The van der Waals surface area contributed by atoms with Gasteiger partial charge < -0.3 is 15.0 Å². The molecule has 3 rings (SSSR count). The van der Waals surface area contributed by atoms with E-state index in [1.807, 2.05) is 30.3 Å². The van der Waals surface area contributed by atoms with Crippen LogP contribution in [0.5, 0.6) is 5.75 Å². The average molecular weight is 390 g/mol. The van der Waals surface area contributed by atoms with E-state index in [0.717, 1.165) is 29.0 Å². The van der Waals surface area contributed by atoms with Crippen LogP contribution in [0.1, 0.15) is 24.1 Å². The normalized spacial score (nSPS) is 18.0. The van der Waals surface area contributed by atoms with Crippen molar-refractivity contribution in [1.29, 1.82) is 0 Å². The number of nitrogens with zero attached hydrogens (tertiary/aromatic N) is 2. The topological polar surface area (TPSA) is 37.4 Å². The van der Waals surface area contributed by atoms with Gasteiger partial charge in [0, 0.05) is 35.4 Å². The maximum atomic E-state index is 5.99. The van der Waals surface area contributed by atoms with Crippen molar-refractivity contribution in [3.8, 4) is 5.75 Å². The van der Waals surface area contributed by atoms with Crippen LogP contribution in [0.2, 0.25) is 0 Å². The van der Waals surface area contributed by atoms with Gasteiger partial charge in [-0.25, -0.2) is 0 Å². The molecule has 2 aromatic rings. The van der Waals surface area contributed by atoms with Gasteiger partial charge in [0.1, 0.15) is 12.4 Å². The summed E-state index contributed by atoms with van der Waals surface area (Å²) in [5, 5.41) is 3.58. The maximum absolute atomic E-state index is 5.99. The predicted molar refractivity (Wildman–Crippen MR) is 100 cm³/mol. The lowest BCUT2D eigenvalue weighted by Crippen LogP contribution is -2.35. The summed E-state index contributed by atoms with van der Waals surface area (Å²) < 4.78 is 7.06. The molecule has 1 aromatic heterocycles. The van der Waals surface area contributed by atoms with Gasteiger partial charge >= 0.3 is 0 Å². The second-order valence-electron chi connectivity index (χ2n) is 6.27. The summed E-state index contributed by atoms with van der Waals surface area (Å²) in [5.41, 5.74) is 2.10. The van der Waals surface area contributed by atoms with Gasteiger partial charge in [-0.15, -0.1) is 0 Å². The third kappa shape index (κ3) is 4.79. The SMILES string of the molecule is CN1CCCC1CNCc1cc(Br)ccc1OCc1ccccn1. The van der Waals surface area contributed by atoms with Crippen LogP contribution in [0.4, 0.5) is 0 Å². The van der Waals surface area contributed by atoms with E-state index in [-0.39, 0.29) is 0 Å². The molecule has 1 unspecified atom stereocenters. The molecule has 1 atom stereocenters. The Balaban J connectivity index is 1.58. The van der Waals surface area contributed by atoms with Crippen molar-refractivity contribution in [2.24, 2.45) is 0 Å². The Morgan fingerprint density at radius 2 is 2.25 bits per heavy atom. The number of pyridine rings is 1. The Morgan fingerprint density at radius 1 is 1.33 bits per heavy atom. The molecule has 128 valence electrons. The van der Waals surface area contributed by atoms with E-state index in [1.54, 1.807) is 6.20 Å². The van der Waals surface area contributed by atoms with E-state index in [0.29, 0.717) is 12.6 Å². The molecule has 1 fully saturated rings. The summed E-state index contributed by atoms with van der Waals surface area (Å²) in [4.78, 5) is 6.75. The van der Waals surface area contributed by atoms with Gasteiger partial charge in [0.25, 0.3) is 0 Å². The minimum absolute atomic E-state index is 0.487. The zero-order valence-corrected chi connectivity index (χ0v) is 15.6. The van der Waals surface area contributed by atoms with Gasteiger partial charge in [-0.2, -0.15) is 0 Å². The van der Waals surface area contributed by atoms with Gasteiger partial charge in [-0.1, -0.05) is 22.0 Å². The van der Waals surface area contributed by atoms with Crippen molar-refractivity contribution in [2.45, 2.75) is 32.0 Å². The van der Waals surface area contributed by atoms with Crippen LogP contribution in [-0.4, -0.2) is 36.1 Å². The van der Waals surface area contributed by atoms with Crippen LogP contribution in [0, 0.1) is 0 Å². The maximum Gasteiger partial charge on any atom is 0.130 e. The standard InChI is InChI=1S/C19H24BrN3O/c1-23-10-4-6-18(23)13-21-12-15-11-16(20)7-8-19(15)24-14-17-5-2-3-9-22-17/h2-3,5,7-9,11,18,21H,4,6,10,12-14H2,1H3. The first kappa shape index (κ1) is 17.4. The van der Waals surface area contributed by atoms with E-state index in [9.17, 15) is 0 Å². The Bertz CT molecular complexity index is 650. The van der Waals surface area contributed by atoms with E-state index in [2.05, 4.69) is 44.2 Å². The summed E-state index contributed by atoms with van der Waals surface area (Å²) in [6.07, 6.45) is 4.38. The summed E-state index contributed by atoms with van der Waals surface area (Å²) in [6.45, 7) is 3.52. The smallest absolute Gasteiger partial charge is 0.130 e. The quantitative estimate of drug-likeness (QED) is 0.784. The number of nitrogens with one attached hydrogen (secondary N) is 1. The van der Waals surface area contributed by atoms with E-state index in [1.165, 1.54) is 24.9 Å². The molecule has 1 aliphatic heterocycles. The van der Waals surface area contributed by atoms with E-state index in [4.69, 9.17) is 4.74 Å². The molecule has 2 heterocycles. The number of hydrogen-bond donors (Lipinski definition) is 1. The van der Waals surface area contributed by atoms with Crippen LogP contribution >= 0.6 is 15.9 Å². The summed E-state index contributed by atoms with van der Waals surface area (Å²) in [5.74, 6) is 0.913. The van der Waals surface area contributed by atoms with Gasteiger partial charge in [0.15, 0.2) is 0 Å². The van der Waals surface area contributed by atoms with Crippen LogP contribution in [0.25, 0.3) is 0 Å². The van der Waals surface area contributed by atoms with Crippen LogP contribution in [0.15, 0.2) is 47.1 Å². The third-order valence-electron chi connectivity index (χ3n) is 4.49. The van der Waals surface area contributed by atoms with Crippen LogP contribution in [-0.2, 0) is 13.2 Å². The first-order valence-electron chi connectivity index (χ1n) is 8.44. The van der Waals surface area contributed by atoms with Gasteiger partial charge in [0.05, 0.1) is 5.69 Å². The zero-order valence-electron chi connectivity index (χ0n) is 14.0. The van der Waals surface area contributed by atoms with Gasteiger partial charge in [-0.05, 0) is 56.8 Å². The van der Waals surface area contributed by atoms with Crippen molar-refractivity contribution in [3.63, 3.8) is 0 Å². The Labute approximate surface area is 152 Å². The molecule has 0 radical (unpaired) electrons. The molecule has 0 saturated carbocycles. The molecule has 0 aliphatic carbocycles. The van der Waals surface area contributed by atoms with Crippen LogP contribution in [0.3, 0.4) is 0 Å². The molecule has 1 aromatic carbocycles. The van der Waals surface area contributed by atoms with Crippen LogP contribution < -0.4 is 10.1 Å². The van der Waals surface area contributed by atoms with Crippen molar-refractivity contribution < 1.29 is 4.74 Å². The Morgan fingerprint density at radius 3 is 3.00 bits per heavy atom. The molecular weight excluding hydrogens is 366 g/mol. The molecule has 0 amide bonds. The highest BCUT2D eigenvalue weighted by molar-refractivity contribution is 9.10. The molecule has 1 aliphatic rings. The molecule has 5 heteroatoms. The zero-order chi connectivity index (χ0) is 16.8.